The number of ether oxygens (including phenoxy) is 2. The minimum Gasteiger partial charge on any atom is -0.493 e. The molecule has 2 aromatic carbocycles. The van der Waals surface area contributed by atoms with Crippen LogP contribution in [0.2, 0.25) is 5.02 Å². The molecule has 0 saturated heterocycles. The van der Waals surface area contributed by atoms with E-state index in [1.165, 1.54) is 6.21 Å². The molecule has 2 N–H and O–H groups in total. The Morgan fingerprint density at radius 3 is 2.64 bits per heavy atom. The average Bonchev–Trinajstić information content (AvgIpc) is 2.69. The number of carbonyl (C=O) groups excluding carboxylic acids is 2. The molecule has 2 aromatic rings. The highest BCUT2D eigenvalue weighted by atomic mass is 35.5. The fourth-order valence-corrected chi connectivity index (χ4v) is 2.39. The van der Waals surface area contributed by atoms with Gasteiger partial charge in [-0.3, -0.25) is 9.59 Å². The standard InChI is InChI=1S/C20H22ClN3O4/c1-4-9-28-17-8-6-14(10-18(17)27-3)12-22-24-20(26)19(25)23-16-11-15(21)7-5-13(16)2/h5-8,10-12H,4,9H2,1-3H3,(H,23,25)(H,24,26)/b22-12+. The molecule has 0 aliphatic rings. The van der Waals surface area contributed by atoms with E-state index in [0.29, 0.717) is 34.4 Å². The van der Waals surface area contributed by atoms with Crippen LogP contribution < -0.4 is 20.2 Å². The van der Waals surface area contributed by atoms with E-state index in [0.717, 1.165) is 12.0 Å². The summed E-state index contributed by atoms with van der Waals surface area (Å²) < 4.78 is 10.9. The molecule has 0 atom stereocenters. The Labute approximate surface area is 168 Å². The third-order valence-electron chi connectivity index (χ3n) is 3.68. The van der Waals surface area contributed by atoms with Crippen molar-refractivity contribution in [2.75, 3.05) is 19.0 Å². The Morgan fingerprint density at radius 2 is 1.93 bits per heavy atom. The van der Waals surface area contributed by atoms with Gasteiger partial charge in [0.2, 0.25) is 0 Å². The molecular formula is C20H22ClN3O4. The summed E-state index contributed by atoms with van der Waals surface area (Å²) in [5.74, 6) is -0.561. The van der Waals surface area contributed by atoms with Crippen molar-refractivity contribution in [3.05, 3.63) is 52.5 Å². The maximum Gasteiger partial charge on any atom is 0.329 e. The van der Waals surface area contributed by atoms with Crippen LogP contribution in [0.4, 0.5) is 5.69 Å². The van der Waals surface area contributed by atoms with E-state index in [1.54, 1.807) is 50.4 Å². The van der Waals surface area contributed by atoms with E-state index in [1.807, 2.05) is 6.92 Å². The lowest BCUT2D eigenvalue weighted by atomic mass is 10.2. The number of nitrogens with one attached hydrogen (secondary N) is 2. The van der Waals surface area contributed by atoms with Gasteiger partial charge in [0.15, 0.2) is 11.5 Å². The zero-order valence-corrected chi connectivity index (χ0v) is 16.7. The van der Waals surface area contributed by atoms with Crippen LogP contribution in [0.25, 0.3) is 0 Å². The number of benzene rings is 2. The second-order valence-electron chi connectivity index (χ2n) is 5.87. The summed E-state index contributed by atoms with van der Waals surface area (Å²) >= 11 is 5.90. The van der Waals surface area contributed by atoms with E-state index < -0.39 is 11.8 Å². The van der Waals surface area contributed by atoms with Crippen LogP contribution in [0.15, 0.2) is 41.5 Å². The molecule has 2 amide bonds. The molecule has 0 bridgehead atoms. The predicted octanol–water partition coefficient (Wildman–Crippen LogP) is 3.53. The fraction of sp³-hybridized carbons (Fsp3) is 0.250. The number of aryl methyl sites for hydroxylation is 1. The van der Waals surface area contributed by atoms with Gasteiger partial charge in [0.1, 0.15) is 0 Å². The first-order chi connectivity index (χ1) is 13.4. The molecule has 28 heavy (non-hydrogen) atoms. The lowest BCUT2D eigenvalue weighted by Crippen LogP contribution is -2.32. The number of nitrogens with zero attached hydrogens (tertiary/aromatic N) is 1. The second kappa shape index (κ2) is 10.3. The molecule has 7 nitrogen and oxygen atoms in total. The van der Waals surface area contributed by atoms with Crippen molar-refractivity contribution in [1.29, 1.82) is 0 Å². The van der Waals surface area contributed by atoms with Crippen molar-refractivity contribution < 1.29 is 19.1 Å². The molecule has 0 aliphatic heterocycles. The minimum absolute atomic E-state index is 0.458. The monoisotopic (exact) mass is 403 g/mol. The number of methoxy groups -OCH3 is 1. The molecule has 0 fully saturated rings. The molecule has 2 rings (SSSR count). The van der Waals surface area contributed by atoms with Gasteiger partial charge in [0, 0.05) is 10.7 Å². The number of anilines is 1. The first kappa shape index (κ1) is 21.2. The van der Waals surface area contributed by atoms with E-state index >= 15 is 0 Å². The van der Waals surface area contributed by atoms with Crippen LogP contribution in [-0.2, 0) is 9.59 Å². The number of amides is 2. The quantitative estimate of drug-likeness (QED) is 0.420. The topological polar surface area (TPSA) is 89.0 Å². The van der Waals surface area contributed by atoms with E-state index in [2.05, 4.69) is 15.8 Å². The van der Waals surface area contributed by atoms with Gasteiger partial charge in [-0.1, -0.05) is 24.6 Å². The Morgan fingerprint density at radius 1 is 1.14 bits per heavy atom. The number of hydrogen-bond acceptors (Lipinski definition) is 5. The van der Waals surface area contributed by atoms with E-state index in [9.17, 15) is 9.59 Å². The number of carbonyl (C=O) groups is 2. The molecular weight excluding hydrogens is 382 g/mol. The molecule has 0 heterocycles. The molecule has 0 aliphatic carbocycles. The first-order valence-electron chi connectivity index (χ1n) is 8.66. The van der Waals surface area contributed by atoms with Gasteiger partial charge >= 0.3 is 11.8 Å². The molecule has 0 unspecified atom stereocenters. The molecule has 8 heteroatoms. The summed E-state index contributed by atoms with van der Waals surface area (Å²) in [6.07, 6.45) is 2.29. The van der Waals surface area contributed by atoms with Crippen LogP contribution >= 0.6 is 11.6 Å². The molecule has 0 radical (unpaired) electrons. The third-order valence-corrected chi connectivity index (χ3v) is 3.92. The van der Waals surface area contributed by atoms with Crippen molar-refractivity contribution in [1.82, 2.24) is 5.43 Å². The predicted molar refractivity (Wildman–Crippen MR) is 109 cm³/mol. The largest absolute Gasteiger partial charge is 0.493 e. The summed E-state index contributed by atoms with van der Waals surface area (Å²) in [6.45, 7) is 4.39. The highest BCUT2D eigenvalue weighted by Crippen LogP contribution is 2.27. The minimum atomic E-state index is -0.898. The van der Waals surface area contributed by atoms with Crippen LogP contribution in [0.5, 0.6) is 11.5 Å². The number of hydrazone groups is 1. The lowest BCUT2D eigenvalue weighted by molar-refractivity contribution is -0.136. The SMILES string of the molecule is CCCOc1ccc(/C=N/NC(=O)C(=O)Nc2cc(Cl)ccc2C)cc1OC. The Hall–Kier alpha value is -3.06. The number of halogens is 1. The van der Waals surface area contributed by atoms with Crippen LogP contribution in [-0.4, -0.2) is 31.7 Å². The maximum absolute atomic E-state index is 12.0. The first-order valence-corrected chi connectivity index (χ1v) is 9.03. The molecule has 148 valence electrons. The average molecular weight is 404 g/mol. The van der Waals surface area contributed by atoms with Crippen LogP contribution in [0, 0.1) is 6.92 Å². The van der Waals surface area contributed by atoms with E-state index in [4.69, 9.17) is 21.1 Å². The third kappa shape index (κ3) is 5.99. The summed E-state index contributed by atoms with van der Waals surface area (Å²) in [5, 5.41) is 6.76. The Balaban J connectivity index is 1.96. The molecule has 0 aromatic heterocycles. The number of rotatable bonds is 7. The van der Waals surface area contributed by atoms with Crippen LogP contribution in [0.3, 0.4) is 0 Å². The van der Waals surface area contributed by atoms with Gasteiger partial charge in [0.25, 0.3) is 0 Å². The second-order valence-corrected chi connectivity index (χ2v) is 6.31. The van der Waals surface area contributed by atoms with Crippen molar-refractivity contribution >= 4 is 35.3 Å². The summed E-state index contributed by atoms with van der Waals surface area (Å²) in [4.78, 5) is 23.9. The highest BCUT2D eigenvalue weighted by Gasteiger charge is 2.14. The van der Waals surface area contributed by atoms with Crippen molar-refractivity contribution in [3.63, 3.8) is 0 Å². The van der Waals surface area contributed by atoms with Crippen LogP contribution in [0.1, 0.15) is 24.5 Å². The van der Waals surface area contributed by atoms with Gasteiger partial charge < -0.3 is 14.8 Å². The van der Waals surface area contributed by atoms with Gasteiger partial charge in [-0.25, -0.2) is 5.43 Å². The van der Waals surface area contributed by atoms with Gasteiger partial charge in [0.05, 0.1) is 19.9 Å². The summed E-state index contributed by atoms with van der Waals surface area (Å²) in [6, 6.07) is 10.2. The fourth-order valence-electron chi connectivity index (χ4n) is 2.22. The van der Waals surface area contributed by atoms with Gasteiger partial charge in [-0.05, 0) is 54.8 Å². The summed E-state index contributed by atoms with van der Waals surface area (Å²) in [7, 11) is 1.54. The van der Waals surface area contributed by atoms with Gasteiger partial charge in [-0.2, -0.15) is 5.10 Å². The molecule has 0 spiro atoms. The lowest BCUT2D eigenvalue weighted by Gasteiger charge is -2.10. The zero-order chi connectivity index (χ0) is 20.5. The zero-order valence-electron chi connectivity index (χ0n) is 15.9. The van der Waals surface area contributed by atoms with Crippen molar-refractivity contribution in [3.8, 4) is 11.5 Å². The number of hydrogen-bond donors (Lipinski definition) is 2. The smallest absolute Gasteiger partial charge is 0.329 e. The van der Waals surface area contributed by atoms with E-state index in [-0.39, 0.29) is 0 Å². The van der Waals surface area contributed by atoms with Gasteiger partial charge in [-0.15, -0.1) is 0 Å². The highest BCUT2D eigenvalue weighted by molar-refractivity contribution is 6.40. The van der Waals surface area contributed by atoms with Crippen molar-refractivity contribution in [2.45, 2.75) is 20.3 Å². The molecule has 0 saturated carbocycles. The Bertz CT molecular complexity index is 884. The normalized spacial score (nSPS) is 10.6. The Kier molecular flexibility index (Phi) is 7.83. The maximum atomic E-state index is 12.0. The summed E-state index contributed by atoms with van der Waals surface area (Å²) in [5.41, 5.74) is 4.10. The van der Waals surface area contributed by atoms with Crippen molar-refractivity contribution in [2.24, 2.45) is 5.10 Å².